The van der Waals surface area contributed by atoms with Crippen molar-refractivity contribution in [3.8, 4) is 0 Å². The smallest absolute Gasteiger partial charge is 0.146 e. The molecule has 120 valence electrons. The zero-order chi connectivity index (χ0) is 15.6. The Morgan fingerprint density at radius 2 is 1.91 bits per heavy atom. The van der Waals surface area contributed by atoms with Gasteiger partial charge in [-0.3, -0.25) is 9.88 Å². The summed E-state index contributed by atoms with van der Waals surface area (Å²) in [6.45, 7) is 4.14. The van der Waals surface area contributed by atoms with Crippen LogP contribution in [0.15, 0.2) is 30.7 Å². The van der Waals surface area contributed by atoms with Crippen molar-refractivity contribution in [1.29, 1.82) is 0 Å². The summed E-state index contributed by atoms with van der Waals surface area (Å²) in [5.41, 5.74) is 1.70. The minimum Gasteiger partial charge on any atom is -0.354 e. The number of piperazine rings is 1. The van der Waals surface area contributed by atoms with Crippen LogP contribution in [0.2, 0.25) is 0 Å². The predicted molar refractivity (Wildman–Crippen MR) is 85.7 cm³/mol. The Balaban J connectivity index is 1.37. The summed E-state index contributed by atoms with van der Waals surface area (Å²) in [5.74, 6) is 1.44. The molecule has 2 aliphatic rings. The van der Waals surface area contributed by atoms with E-state index in [9.17, 15) is 4.39 Å². The third-order valence-corrected chi connectivity index (χ3v) is 4.57. The molecule has 2 fully saturated rings. The van der Waals surface area contributed by atoms with E-state index < -0.39 is 0 Å². The minimum absolute atomic E-state index is 0.222. The van der Waals surface area contributed by atoms with Crippen molar-refractivity contribution in [1.82, 2.24) is 19.9 Å². The first-order chi connectivity index (χ1) is 11.3. The van der Waals surface area contributed by atoms with Gasteiger partial charge in [0.2, 0.25) is 0 Å². The lowest BCUT2D eigenvalue weighted by atomic mass is 10.2. The van der Waals surface area contributed by atoms with Crippen LogP contribution in [0.5, 0.6) is 0 Å². The molecule has 4 rings (SSSR count). The third kappa shape index (κ3) is 3.32. The molecular weight excluding hydrogens is 293 g/mol. The van der Waals surface area contributed by atoms with E-state index in [0.717, 1.165) is 32.0 Å². The van der Waals surface area contributed by atoms with Gasteiger partial charge < -0.3 is 4.90 Å². The van der Waals surface area contributed by atoms with Crippen molar-refractivity contribution in [2.24, 2.45) is 0 Å². The number of nitrogens with zero attached hydrogens (tertiary/aromatic N) is 5. The number of pyridine rings is 1. The van der Waals surface area contributed by atoms with Gasteiger partial charge in [0, 0.05) is 56.6 Å². The highest BCUT2D eigenvalue weighted by atomic mass is 19.1. The molecule has 2 aromatic heterocycles. The predicted octanol–water partition coefficient (Wildman–Crippen LogP) is 2.21. The van der Waals surface area contributed by atoms with Crippen molar-refractivity contribution in [2.45, 2.75) is 25.3 Å². The molecule has 0 unspecified atom stereocenters. The fourth-order valence-corrected chi connectivity index (χ4v) is 3.02. The summed E-state index contributed by atoms with van der Waals surface area (Å²) in [6.07, 6.45) is 5.83. The normalized spacial score (nSPS) is 19.1. The molecule has 1 aliphatic carbocycles. The second kappa shape index (κ2) is 6.20. The van der Waals surface area contributed by atoms with Crippen LogP contribution in [0, 0.1) is 5.82 Å². The average molecular weight is 313 g/mol. The van der Waals surface area contributed by atoms with Crippen molar-refractivity contribution >= 4 is 5.82 Å². The van der Waals surface area contributed by atoms with Gasteiger partial charge in [0.05, 0.1) is 5.69 Å². The van der Waals surface area contributed by atoms with Crippen molar-refractivity contribution in [3.05, 3.63) is 47.9 Å². The average Bonchev–Trinajstić information content (AvgIpc) is 3.43. The number of hydrogen-bond acceptors (Lipinski definition) is 5. The minimum atomic E-state index is -0.222. The van der Waals surface area contributed by atoms with Gasteiger partial charge >= 0.3 is 0 Å². The summed E-state index contributed by atoms with van der Waals surface area (Å²) >= 11 is 0. The number of anilines is 1. The van der Waals surface area contributed by atoms with Crippen LogP contribution >= 0.6 is 0 Å². The van der Waals surface area contributed by atoms with E-state index in [4.69, 9.17) is 0 Å². The van der Waals surface area contributed by atoms with Crippen LogP contribution in [0.25, 0.3) is 0 Å². The number of aromatic nitrogens is 3. The lowest BCUT2D eigenvalue weighted by molar-refractivity contribution is 0.243. The highest BCUT2D eigenvalue weighted by Crippen LogP contribution is 2.39. The molecule has 0 radical (unpaired) electrons. The van der Waals surface area contributed by atoms with Gasteiger partial charge in [-0.2, -0.15) is 0 Å². The Morgan fingerprint density at radius 1 is 1.09 bits per heavy atom. The second-order valence-electron chi connectivity index (χ2n) is 6.27. The first-order valence-corrected chi connectivity index (χ1v) is 8.18. The molecule has 0 bridgehead atoms. The van der Waals surface area contributed by atoms with E-state index in [2.05, 4.69) is 30.8 Å². The Morgan fingerprint density at radius 3 is 2.65 bits per heavy atom. The van der Waals surface area contributed by atoms with Crippen LogP contribution in [-0.4, -0.2) is 46.0 Å². The maximum Gasteiger partial charge on any atom is 0.146 e. The van der Waals surface area contributed by atoms with Gasteiger partial charge in [-0.15, -0.1) is 0 Å². The standard InChI is InChI=1S/C17H20FN5/c18-14-2-1-5-19-16(14)11-22-6-8-23(9-7-22)17-10-15(13-3-4-13)20-12-21-17/h1-2,5,10,12-13H,3-4,6-9,11H2. The van der Waals surface area contributed by atoms with Gasteiger partial charge in [0.1, 0.15) is 18.0 Å². The molecule has 1 saturated carbocycles. The first-order valence-electron chi connectivity index (χ1n) is 8.18. The molecule has 0 N–H and O–H groups in total. The first kappa shape index (κ1) is 14.5. The SMILES string of the molecule is Fc1cccnc1CN1CCN(c2cc(C3CC3)ncn2)CC1. The molecular formula is C17H20FN5. The Kier molecular flexibility index (Phi) is 3.91. The molecule has 5 nitrogen and oxygen atoms in total. The Labute approximate surface area is 135 Å². The van der Waals surface area contributed by atoms with Crippen molar-refractivity contribution < 1.29 is 4.39 Å². The molecule has 0 spiro atoms. The van der Waals surface area contributed by atoms with Crippen LogP contribution in [-0.2, 0) is 6.54 Å². The largest absolute Gasteiger partial charge is 0.354 e. The van der Waals surface area contributed by atoms with E-state index in [0.29, 0.717) is 18.2 Å². The van der Waals surface area contributed by atoms with Crippen LogP contribution in [0.3, 0.4) is 0 Å². The summed E-state index contributed by atoms with van der Waals surface area (Å²) < 4.78 is 13.7. The molecule has 1 saturated heterocycles. The molecule has 0 amide bonds. The van der Waals surface area contributed by atoms with Gasteiger partial charge in [0.25, 0.3) is 0 Å². The molecule has 2 aromatic rings. The van der Waals surface area contributed by atoms with E-state index in [1.807, 2.05) is 0 Å². The topological polar surface area (TPSA) is 45.2 Å². The second-order valence-corrected chi connectivity index (χ2v) is 6.27. The van der Waals surface area contributed by atoms with E-state index in [1.54, 1.807) is 18.6 Å². The Hall–Kier alpha value is -2.08. The quantitative estimate of drug-likeness (QED) is 0.866. The maximum atomic E-state index is 13.7. The zero-order valence-electron chi connectivity index (χ0n) is 13.0. The van der Waals surface area contributed by atoms with Crippen LogP contribution in [0.1, 0.15) is 30.1 Å². The van der Waals surface area contributed by atoms with Crippen LogP contribution in [0.4, 0.5) is 10.2 Å². The van der Waals surface area contributed by atoms with Gasteiger partial charge in [-0.05, 0) is 25.0 Å². The van der Waals surface area contributed by atoms with Crippen LogP contribution < -0.4 is 4.90 Å². The lowest BCUT2D eigenvalue weighted by Gasteiger charge is -2.35. The molecule has 6 heteroatoms. The summed E-state index contributed by atoms with van der Waals surface area (Å²) in [6, 6.07) is 5.23. The number of halogens is 1. The summed E-state index contributed by atoms with van der Waals surface area (Å²) in [4.78, 5) is 17.5. The molecule has 23 heavy (non-hydrogen) atoms. The number of hydrogen-bond donors (Lipinski definition) is 0. The maximum absolute atomic E-state index is 13.7. The van der Waals surface area contributed by atoms with E-state index >= 15 is 0 Å². The van der Waals surface area contributed by atoms with Gasteiger partial charge in [-0.25, -0.2) is 14.4 Å². The fourth-order valence-electron chi connectivity index (χ4n) is 3.02. The number of rotatable bonds is 4. The van der Waals surface area contributed by atoms with Gasteiger partial charge in [0.15, 0.2) is 0 Å². The lowest BCUT2D eigenvalue weighted by Crippen LogP contribution is -2.46. The van der Waals surface area contributed by atoms with E-state index in [-0.39, 0.29) is 5.82 Å². The van der Waals surface area contributed by atoms with Crippen molar-refractivity contribution in [2.75, 3.05) is 31.1 Å². The summed E-state index contributed by atoms with van der Waals surface area (Å²) in [5, 5.41) is 0. The zero-order valence-corrected chi connectivity index (χ0v) is 13.0. The van der Waals surface area contributed by atoms with E-state index in [1.165, 1.54) is 24.6 Å². The monoisotopic (exact) mass is 313 g/mol. The molecule has 0 aromatic carbocycles. The highest BCUT2D eigenvalue weighted by Gasteiger charge is 2.26. The van der Waals surface area contributed by atoms with Gasteiger partial charge in [-0.1, -0.05) is 0 Å². The van der Waals surface area contributed by atoms with Crippen molar-refractivity contribution in [3.63, 3.8) is 0 Å². The summed E-state index contributed by atoms with van der Waals surface area (Å²) in [7, 11) is 0. The molecule has 1 aliphatic heterocycles. The molecule has 3 heterocycles. The molecule has 0 atom stereocenters. The fraction of sp³-hybridized carbons (Fsp3) is 0.471. The third-order valence-electron chi connectivity index (χ3n) is 4.57. The Bertz CT molecular complexity index is 680. The highest BCUT2D eigenvalue weighted by molar-refractivity contribution is 5.41.